The lowest BCUT2D eigenvalue weighted by Crippen LogP contribution is -2.38. The van der Waals surface area contributed by atoms with Crippen molar-refractivity contribution >= 4 is 5.69 Å². The Morgan fingerprint density at radius 1 is 1.10 bits per heavy atom. The van der Waals surface area contributed by atoms with Crippen LogP contribution < -0.4 is 10.5 Å². The van der Waals surface area contributed by atoms with E-state index >= 15 is 0 Å². The van der Waals surface area contributed by atoms with Gasteiger partial charge in [-0.2, -0.15) is 0 Å². The maximum absolute atomic E-state index is 5.94. The van der Waals surface area contributed by atoms with E-state index in [0.29, 0.717) is 5.41 Å². The molecule has 0 unspecified atom stereocenters. The molecule has 0 amide bonds. The van der Waals surface area contributed by atoms with E-state index in [0.717, 1.165) is 18.0 Å². The second-order valence-corrected chi connectivity index (χ2v) is 6.60. The summed E-state index contributed by atoms with van der Waals surface area (Å²) in [6.45, 7) is 3.46. The molecule has 1 spiro atoms. The van der Waals surface area contributed by atoms with Gasteiger partial charge in [-0.05, 0) is 61.9 Å². The fourth-order valence-electron chi connectivity index (χ4n) is 3.96. The van der Waals surface area contributed by atoms with Gasteiger partial charge in [0, 0.05) is 18.3 Å². The van der Waals surface area contributed by atoms with Crippen LogP contribution >= 0.6 is 0 Å². The summed E-state index contributed by atoms with van der Waals surface area (Å²) < 4.78 is 5.30. The molecule has 0 atom stereocenters. The van der Waals surface area contributed by atoms with Crippen molar-refractivity contribution in [2.24, 2.45) is 5.41 Å². The fraction of sp³-hybridized carbons (Fsp3) is 0.647. The van der Waals surface area contributed by atoms with Gasteiger partial charge in [-0.3, -0.25) is 4.90 Å². The van der Waals surface area contributed by atoms with Gasteiger partial charge in [0.05, 0.1) is 7.11 Å². The SMILES string of the molecule is COc1cc(N)cc(CN2CCC3(CCCC3)CC2)c1. The van der Waals surface area contributed by atoms with Gasteiger partial charge in [0.1, 0.15) is 5.75 Å². The van der Waals surface area contributed by atoms with Crippen LogP contribution in [-0.4, -0.2) is 25.1 Å². The quantitative estimate of drug-likeness (QED) is 0.858. The van der Waals surface area contributed by atoms with Crippen LogP contribution in [0.25, 0.3) is 0 Å². The van der Waals surface area contributed by atoms with Crippen LogP contribution in [0.4, 0.5) is 5.69 Å². The van der Waals surface area contributed by atoms with Gasteiger partial charge in [0.25, 0.3) is 0 Å². The minimum Gasteiger partial charge on any atom is -0.497 e. The van der Waals surface area contributed by atoms with Crippen molar-refractivity contribution in [3.63, 3.8) is 0 Å². The number of rotatable bonds is 3. The normalized spacial score (nSPS) is 22.2. The lowest BCUT2D eigenvalue weighted by molar-refractivity contribution is 0.103. The maximum Gasteiger partial charge on any atom is 0.121 e. The van der Waals surface area contributed by atoms with Crippen LogP contribution in [0.1, 0.15) is 44.1 Å². The lowest BCUT2D eigenvalue weighted by atomic mass is 9.77. The number of ether oxygens (including phenoxy) is 1. The maximum atomic E-state index is 5.94. The number of hydrogen-bond acceptors (Lipinski definition) is 3. The van der Waals surface area contributed by atoms with Crippen LogP contribution in [0.3, 0.4) is 0 Å². The van der Waals surface area contributed by atoms with E-state index in [1.165, 1.54) is 57.2 Å². The van der Waals surface area contributed by atoms with Gasteiger partial charge in [0.2, 0.25) is 0 Å². The summed E-state index contributed by atoms with van der Waals surface area (Å²) in [7, 11) is 1.70. The third kappa shape index (κ3) is 2.93. The highest BCUT2D eigenvalue weighted by molar-refractivity contribution is 5.47. The first-order valence-corrected chi connectivity index (χ1v) is 7.85. The lowest BCUT2D eigenvalue weighted by Gasteiger charge is -2.39. The summed E-state index contributed by atoms with van der Waals surface area (Å²) >= 11 is 0. The number of benzene rings is 1. The molecule has 1 heterocycles. The fourth-order valence-corrected chi connectivity index (χ4v) is 3.96. The van der Waals surface area contributed by atoms with Crippen molar-refractivity contribution in [3.05, 3.63) is 23.8 Å². The second kappa shape index (κ2) is 5.65. The molecule has 110 valence electrons. The average Bonchev–Trinajstić information content (AvgIpc) is 2.89. The molecule has 3 rings (SSSR count). The number of nitrogens with zero attached hydrogens (tertiary/aromatic N) is 1. The van der Waals surface area contributed by atoms with Crippen LogP contribution in [0.15, 0.2) is 18.2 Å². The van der Waals surface area contributed by atoms with Gasteiger partial charge in [-0.15, -0.1) is 0 Å². The largest absolute Gasteiger partial charge is 0.497 e. The number of nitrogen functional groups attached to an aromatic ring is 1. The van der Waals surface area contributed by atoms with Gasteiger partial charge >= 0.3 is 0 Å². The van der Waals surface area contributed by atoms with Crippen molar-refractivity contribution in [1.29, 1.82) is 0 Å². The summed E-state index contributed by atoms with van der Waals surface area (Å²) in [5.74, 6) is 0.865. The highest BCUT2D eigenvalue weighted by atomic mass is 16.5. The molecule has 0 bridgehead atoms. The van der Waals surface area contributed by atoms with Gasteiger partial charge < -0.3 is 10.5 Å². The Kier molecular flexibility index (Phi) is 3.88. The molecule has 1 saturated heterocycles. The summed E-state index contributed by atoms with van der Waals surface area (Å²) in [6.07, 6.45) is 8.59. The Labute approximate surface area is 122 Å². The second-order valence-electron chi connectivity index (χ2n) is 6.60. The van der Waals surface area contributed by atoms with Gasteiger partial charge in [-0.25, -0.2) is 0 Å². The van der Waals surface area contributed by atoms with Gasteiger partial charge in [-0.1, -0.05) is 12.8 Å². The predicted molar refractivity (Wildman–Crippen MR) is 82.8 cm³/mol. The molecule has 3 heteroatoms. The number of methoxy groups -OCH3 is 1. The van der Waals surface area contributed by atoms with E-state index in [1.807, 2.05) is 6.07 Å². The Balaban J connectivity index is 1.60. The minimum atomic E-state index is 0.698. The molecule has 2 aliphatic rings. The zero-order valence-corrected chi connectivity index (χ0v) is 12.5. The van der Waals surface area contributed by atoms with Crippen molar-refractivity contribution in [2.75, 3.05) is 25.9 Å². The molecule has 3 nitrogen and oxygen atoms in total. The molecule has 0 radical (unpaired) electrons. The molecule has 0 aromatic heterocycles. The Hall–Kier alpha value is -1.22. The predicted octanol–water partition coefficient (Wildman–Crippen LogP) is 3.43. The molecule has 1 saturated carbocycles. The summed E-state index contributed by atoms with van der Waals surface area (Å²) in [5, 5.41) is 0. The van der Waals surface area contributed by atoms with Crippen molar-refractivity contribution in [3.8, 4) is 5.75 Å². The van der Waals surface area contributed by atoms with Crippen molar-refractivity contribution in [2.45, 2.75) is 45.1 Å². The standard InChI is InChI=1S/C17H26N2O/c1-20-16-11-14(10-15(18)12-16)13-19-8-6-17(7-9-19)4-2-3-5-17/h10-12H,2-9,13,18H2,1H3. The highest BCUT2D eigenvalue weighted by Gasteiger charge is 2.36. The summed E-state index contributed by atoms with van der Waals surface area (Å²) in [5.41, 5.74) is 8.70. The highest BCUT2D eigenvalue weighted by Crippen LogP contribution is 2.46. The van der Waals surface area contributed by atoms with E-state index in [9.17, 15) is 0 Å². The van der Waals surface area contributed by atoms with Crippen molar-refractivity contribution in [1.82, 2.24) is 4.90 Å². The molecule has 2 N–H and O–H groups in total. The Morgan fingerprint density at radius 2 is 1.80 bits per heavy atom. The third-order valence-corrected chi connectivity index (χ3v) is 5.21. The third-order valence-electron chi connectivity index (χ3n) is 5.21. The minimum absolute atomic E-state index is 0.698. The molecule has 1 aliphatic carbocycles. The van der Waals surface area contributed by atoms with Crippen LogP contribution in [0.5, 0.6) is 5.75 Å². The molecular formula is C17H26N2O. The first kappa shape index (κ1) is 13.7. The van der Waals surface area contributed by atoms with Crippen LogP contribution in [0, 0.1) is 5.41 Å². The average molecular weight is 274 g/mol. The van der Waals surface area contributed by atoms with Crippen LogP contribution in [0.2, 0.25) is 0 Å². The first-order valence-electron chi connectivity index (χ1n) is 7.85. The first-order chi connectivity index (χ1) is 9.69. The number of piperidine rings is 1. The van der Waals surface area contributed by atoms with Crippen molar-refractivity contribution < 1.29 is 4.74 Å². The number of nitrogens with two attached hydrogens (primary N) is 1. The molecule has 1 aromatic carbocycles. The number of anilines is 1. The molecule has 20 heavy (non-hydrogen) atoms. The molecule has 2 fully saturated rings. The van der Waals surface area contributed by atoms with Gasteiger partial charge in [0.15, 0.2) is 0 Å². The zero-order valence-electron chi connectivity index (χ0n) is 12.5. The van der Waals surface area contributed by atoms with E-state index in [-0.39, 0.29) is 0 Å². The topological polar surface area (TPSA) is 38.5 Å². The Morgan fingerprint density at radius 3 is 2.45 bits per heavy atom. The Bertz CT molecular complexity index is 456. The summed E-state index contributed by atoms with van der Waals surface area (Å²) in [6, 6.07) is 6.06. The number of likely N-dealkylation sites (tertiary alicyclic amines) is 1. The zero-order chi connectivity index (χ0) is 14.0. The molecule has 1 aliphatic heterocycles. The molecular weight excluding hydrogens is 248 g/mol. The molecule has 1 aromatic rings. The summed E-state index contributed by atoms with van der Waals surface area (Å²) in [4.78, 5) is 2.57. The number of hydrogen-bond donors (Lipinski definition) is 1. The van der Waals surface area contributed by atoms with E-state index < -0.39 is 0 Å². The van der Waals surface area contributed by atoms with E-state index in [1.54, 1.807) is 7.11 Å². The monoisotopic (exact) mass is 274 g/mol. The van der Waals surface area contributed by atoms with Crippen LogP contribution in [-0.2, 0) is 6.54 Å². The van der Waals surface area contributed by atoms with E-state index in [4.69, 9.17) is 10.5 Å². The van der Waals surface area contributed by atoms with E-state index in [2.05, 4.69) is 17.0 Å². The smallest absolute Gasteiger partial charge is 0.121 e.